The second kappa shape index (κ2) is 9.47. The Labute approximate surface area is 226 Å². The van der Waals surface area contributed by atoms with Gasteiger partial charge in [0.15, 0.2) is 0 Å². The van der Waals surface area contributed by atoms with Gasteiger partial charge in [-0.25, -0.2) is 4.98 Å². The molecule has 4 aromatic rings. The van der Waals surface area contributed by atoms with Crippen molar-refractivity contribution in [3.63, 3.8) is 0 Å². The third-order valence-corrected chi connectivity index (χ3v) is 8.34. The van der Waals surface area contributed by atoms with Crippen LogP contribution >= 0.6 is 0 Å². The summed E-state index contributed by atoms with van der Waals surface area (Å²) in [5, 5.41) is 2.37. The molecule has 0 spiro atoms. The van der Waals surface area contributed by atoms with E-state index in [4.69, 9.17) is 0 Å². The van der Waals surface area contributed by atoms with Gasteiger partial charge in [-0.2, -0.15) is 0 Å². The van der Waals surface area contributed by atoms with Crippen LogP contribution in [0.5, 0.6) is 0 Å². The largest absolute Gasteiger partial charge is 0.322 e. The van der Waals surface area contributed by atoms with E-state index in [9.17, 15) is 14.4 Å². The molecule has 2 fully saturated rings. The van der Waals surface area contributed by atoms with Crippen LogP contribution in [0, 0.1) is 0 Å². The summed E-state index contributed by atoms with van der Waals surface area (Å²) in [5.41, 5.74) is 7.14. The standard InChI is InChI=1S/C31H29N5O3/c37-29-11-10-27(30(38)33-29)35-18-23-15-22(8-9-25(23)31(35)39)28-14-20(13-24-16-32-19-36(24)28)17-34-12-4-7-26(34)21-5-2-1-3-6-21/h1-3,5-6,8-9,13-16,19,26-27H,4,7,10-12,17-18H2,(H,33,37,38). The molecule has 196 valence electrons. The minimum atomic E-state index is -0.618. The third kappa shape index (κ3) is 4.21. The molecule has 0 saturated carbocycles. The van der Waals surface area contributed by atoms with Gasteiger partial charge < -0.3 is 4.90 Å². The summed E-state index contributed by atoms with van der Waals surface area (Å²) in [6, 6.07) is 20.9. The number of nitrogens with one attached hydrogen (secondary N) is 1. The van der Waals surface area contributed by atoms with E-state index in [0.717, 1.165) is 41.8 Å². The number of fused-ring (bicyclic) bond motifs is 2. The molecule has 3 aliphatic rings. The van der Waals surface area contributed by atoms with E-state index in [1.807, 2.05) is 24.7 Å². The number of hydrogen-bond acceptors (Lipinski definition) is 5. The fourth-order valence-electron chi connectivity index (χ4n) is 6.44. The zero-order valence-corrected chi connectivity index (χ0v) is 21.5. The highest BCUT2D eigenvalue weighted by molar-refractivity contribution is 6.05. The molecular weight excluding hydrogens is 490 g/mol. The van der Waals surface area contributed by atoms with Gasteiger partial charge in [-0.1, -0.05) is 36.4 Å². The molecule has 7 rings (SSSR count). The molecule has 2 atom stereocenters. The zero-order chi connectivity index (χ0) is 26.5. The van der Waals surface area contributed by atoms with Crippen molar-refractivity contribution in [2.45, 2.75) is 50.9 Å². The van der Waals surface area contributed by atoms with Gasteiger partial charge in [-0.05, 0) is 72.3 Å². The summed E-state index contributed by atoms with van der Waals surface area (Å²) in [7, 11) is 0. The second-order valence-electron chi connectivity index (χ2n) is 10.7. The molecule has 2 aromatic heterocycles. The van der Waals surface area contributed by atoms with Crippen LogP contribution in [0.15, 0.2) is 73.2 Å². The topological polar surface area (TPSA) is 87.0 Å². The number of imide groups is 1. The molecule has 2 saturated heterocycles. The number of aromatic nitrogens is 2. The van der Waals surface area contributed by atoms with Crippen molar-refractivity contribution in [2.75, 3.05) is 6.54 Å². The minimum Gasteiger partial charge on any atom is -0.322 e. The fraction of sp³-hybridized carbons (Fsp3) is 0.290. The van der Waals surface area contributed by atoms with Crippen LogP contribution in [0.3, 0.4) is 0 Å². The lowest BCUT2D eigenvalue weighted by atomic mass is 10.0. The molecule has 2 aromatic carbocycles. The Morgan fingerprint density at radius 2 is 1.82 bits per heavy atom. The van der Waals surface area contributed by atoms with E-state index in [0.29, 0.717) is 24.6 Å². The lowest BCUT2D eigenvalue weighted by Crippen LogP contribution is -2.52. The summed E-state index contributed by atoms with van der Waals surface area (Å²) in [5.74, 6) is -0.833. The fourth-order valence-corrected chi connectivity index (χ4v) is 6.44. The minimum absolute atomic E-state index is 0.159. The Hall–Kier alpha value is -4.30. The smallest absolute Gasteiger partial charge is 0.255 e. The van der Waals surface area contributed by atoms with Gasteiger partial charge in [0.2, 0.25) is 11.8 Å². The number of nitrogens with zero attached hydrogens (tertiary/aromatic N) is 4. The van der Waals surface area contributed by atoms with Gasteiger partial charge in [0.05, 0.1) is 23.7 Å². The van der Waals surface area contributed by atoms with Crippen molar-refractivity contribution in [1.82, 2.24) is 24.5 Å². The van der Waals surface area contributed by atoms with Gasteiger partial charge in [0.1, 0.15) is 6.04 Å². The van der Waals surface area contributed by atoms with Crippen LogP contribution in [0.4, 0.5) is 0 Å². The van der Waals surface area contributed by atoms with Crippen molar-refractivity contribution >= 4 is 23.2 Å². The van der Waals surface area contributed by atoms with Gasteiger partial charge >= 0.3 is 0 Å². The maximum atomic E-state index is 13.2. The predicted molar refractivity (Wildman–Crippen MR) is 146 cm³/mol. The molecule has 1 N–H and O–H groups in total. The van der Waals surface area contributed by atoms with Gasteiger partial charge in [0, 0.05) is 31.1 Å². The highest BCUT2D eigenvalue weighted by Gasteiger charge is 2.39. The first-order chi connectivity index (χ1) is 19.0. The number of amides is 3. The molecule has 39 heavy (non-hydrogen) atoms. The van der Waals surface area contributed by atoms with Crippen molar-refractivity contribution in [3.05, 3.63) is 95.4 Å². The van der Waals surface area contributed by atoms with Crippen LogP contribution in [-0.4, -0.2) is 49.5 Å². The van der Waals surface area contributed by atoms with Crippen molar-refractivity contribution < 1.29 is 14.4 Å². The van der Waals surface area contributed by atoms with E-state index in [1.54, 1.807) is 4.90 Å². The van der Waals surface area contributed by atoms with Crippen LogP contribution in [0.2, 0.25) is 0 Å². The van der Waals surface area contributed by atoms with Gasteiger partial charge in [-0.3, -0.25) is 29.0 Å². The summed E-state index contributed by atoms with van der Waals surface area (Å²) in [6.07, 6.45) is 6.65. The number of piperidine rings is 1. The van der Waals surface area contributed by atoms with E-state index < -0.39 is 11.9 Å². The second-order valence-corrected chi connectivity index (χ2v) is 10.7. The monoisotopic (exact) mass is 519 g/mol. The highest BCUT2D eigenvalue weighted by Crippen LogP contribution is 2.35. The molecule has 0 aliphatic carbocycles. The van der Waals surface area contributed by atoms with Crippen LogP contribution in [0.1, 0.15) is 58.8 Å². The van der Waals surface area contributed by atoms with Crippen molar-refractivity contribution in [1.29, 1.82) is 0 Å². The average Bonchev–Trinajstić information content (AvgIpc) is 3.68. The van der Waals surface area contributed by atoms with Crippen LogP contribution in [0.25, 0.3) is 16.8 Å². The number of likely N-dealkylation sites (tertiary alicyclic amines) is 1. The molecular formula is C31H29N5O3. The van der Waals surface area contributed by atoms with Gasteiger partial charge in [-0.15, -0.1) is 0 Å². The number of imidazole rings is 1. The quantitative estimate of drug-likeness (QED) is 0.401. The summed E-state index contributed by atoms with van der Waals surface area (Å²) < 4.78 is 2.08. The van der Waals surface area contributed by atoms with Crippen molar-refractivity contribution in [3.8, 4) is 11.3 Å². The summed E-state index contributed by atoms with van der Waals surface area (Å²) in [4.78, 5) is 45.8. The molecule has 0 bridgehead atoms. The van der Waals surface area contributed by atoms with Gasteiger partial charge in [0.25, 0.3) is 5.91 Å². The maximum absolute atomic E-state index is 13.2. The number of carbonyl (C=O) groups is 3. The molecule has 2 unspecified atom stereocenters. The Bertz CT molecular complexity index is 1610. The van der Waals surface area contributed by atoms with Crippen molar-refractivity contribution in [2.24, 2.45) is 0 Å². The maximum Gasteiger partial charge on any atom is 0.255 e. The van der Waals surface area contributed by atoms with Crippen LogP contribution < -0.4 is 5.32 Å². The average molecular weight is 520 g/mol. The molecule has 8 nitrogen and oxygen atoms in total. The number of hydrogen-bond donors (Lipinski definition) is 1. The van der Waals surface area contributed by atoms with E-state index >= 15 is 0 Å². The lowest BCUT2D eigenvalue weighted by molar-refractivity contribution is -0.136. The van der Waals surface area contributed by atoms with E-state index in [1.165, 1.54) is 17.5 Å². The first kappa shape index (κ1) is 23.8. The number of rotatable bonds is 5. The third-order valence-electron chi connectivity index (χ3n) is 8.34. The number of benzene rings is 2. The lowest BCUT2D eigenvalue weighted by Gasteiger charge is -2.29. The van der Waals surface area contributed by atoms with Crippen LogP contribution in [-0.2, 0) is 22.7 Å². The Morgan fingerprint density at radius 3 is 2.67 bits per heavy atom. The summed E-state index contributed by atoms with van der Waals surface area (Å²) in [6.45, 7) is 2.27. The Morgan fingerprint density at radius 1 is 0.949 bits per heavy atom. The number of carbonyl (C=O) groups excluding carboxylic acids is 3. The molecule has 3 amide bonds. The van der Waals surface area contributed by atoms with E-state index in [2.05, 4.69) is 68.1 Å². The highest BCUT2D eigenvalue weighted by atomic mass is 16.2. The molecule has 5 heterocycles. The first-order valence-electron chi connectivity index (χ1n) is 13.6. The first-order valence-corrected chi connectivity index (χ1v) is 13.6. The SMILES string of the molecule is O=C1CCC(N2Cc3cc(-c4cc(CN5CCCC5c5ccccc5)cc5cncn45)ccc3C2=O)C(=O)N1. The summed E-state index contributed by atoms with van der Waals surface area (Å²) >= 11 is 0. The molecule has 3 aliphatic heterocycles. The zero-order valence-electron chi connectivity index (χ0n) is 21.5. The Balaban J connectivity index is 1.19. The van der Waals surface area contributed by atoms with E-state index in [-0.39, 0.29) is 18.2 Å². The Kier molecular flexibility index (Phi) is 5.77. The number of pyridine rings is 1. The predicted octanol–water partition coefficient (Wildman–Crippen LogP) is 4.10. The molecule has 8 heteroatoms. The normalized spacial score (nSPS) is 21.5. The molecule has 0 radical (unpaired) electrons.